The summed E-state index contributed by atoms with van der Waals surface area (Å²) in [4.78, 5) is 6.44. The first kappa shape index (κ1) is 18.3. The van der Waals surface area contributed by atoms with Gasteiger partial charge in [-0.05, 0) is 43.4 Å². The molecule has 126 valence electrons. The van der Waals surface area contributed by atoms with Crippen LogP contribution < -0.4 is 4.67 Å². The Bertz CT molecular complexity index is 620. The van der Waals surface area contributed by atoms with Crippen LogP contribution in [0.5, 0.6) is 0 Å². The Kier molecular flexibility index (Phi) is 5.75. The molecule has 0 fully saturated rings. The quantitative estimate of drug-likeness (QED) is 0.417. The molecule has 1 heterocycles. The number of hydrogen-bond acceptors (Lipinski definition) is 2. The number of nitrogens with zero attached hydrogens (tertiary/aromatic N) is 2. The van der Waals surface area contributed by atoms with Gasteiger partial charge in [-0.25, -0.2) is 0 Å². The highest BCUT2D eigenvalue weighted by Crippen LogP contribution is 2.43. The lowest BCUT2D eigenvalue weighted by molar-refractivity contribution is 0.245. The summed E-state index contributed by atoms with van der Waals surface area (Å²) in [6.45, 7) is 13.7. The van der Waals surface area contributed by atoms with E-state index in [2.05, 4.69) is 66.2 Å². The van der Waals surface area contributed by atoms with Crippen molar-refractivity contribution in [3.8, 4) is 0 Å². The molecular weight excluding hydrogens is 300 g/mol. The minimum atomic E-state index is 0.0401. The van der Waals surface area contributed by atoms with Crippen molar-refractivity contribution >= 4 is 29.4 Å². The normalized spacial score (nSPS) is 31.4. The molecule has 0 amide bonds. The number of thioether (sulfide) groups is 1. The van der Waals surface area contributed by atoms with E-state index >= 15 is 0 Å². The van der Waals surface area contributed by atoms with Crippen molar-refractivity contribution in [2.75, 3.05) is 6.26 Å². The van der Waals surface area contributed by atoms with Gasteiger partial charge in [0.15, 0.2) is 0 Å². The van der Waals surface area contributed by atoms with Crippen LogP contribution in [-0.2, 0) is 0 Å². The highest BCUT2D eigenvalue weighted by atomic mass is 32.2. The van der Waals surface area contributed by atoms with E-state index in [0.717, 1.165) is 18.6 Å². The van der Waals surface area contributed by atoms with E-state index in [4.69, 9.17) is 9.66 Å². The third-order valence-corrected chi connectivity index (χ3v) is 6.49. The zero-order valence-electron chi connectivity index (χ0n) is 15.7. The lowest BCUT2D eigenvalue weighted by Crippen LogP contribution is -2.42. The SMILES string of the molecule is CCC(C)C=[N+]=C1C=C(SC)C2=NC(C)(CC)C(C)C(C)C2=C1. The van der Waals surface area contributed by atoms with Crippen molar-refractivity contribution in [1.82, 2.24) is 4.67 Å². The average molecular weight is 332 g/mol. The van der Waals surface area contributed by atoms with Gasteiger partial charge in [-0.2, -0.15) is 0 Å². The van der Waals surface area contributed by atoms with Crippen LogP contribution in [-0.4, -0.2) is 29.4 Å². The van der Waals surface area contributed by atoms with Crippen molar-refractivity contribution < 1.29 is 0 Å². The second-order valence-electron chi connectivity index (χ2n) is 7.15. The highest BCUT2D eigenvalue weighted by molar-refractivity contribution is 8.03. The van der Waals surface area contributed by atoms with Gasteiger partial charge in [0, 0.05) is 17.1 Å². The molecular formula is C20H31N2S+. The lowest BCUT2D eigenvalue weighted by atomic mass is 9.70. The predicted octanol–water partition coefficient (Wildman–Crippen LogP) is 4.69. The summed E-state index contributed by atoms with van der Waals surface area (Å²) in [6.07, 6.45) is 10.9. The van der Waals surface area contributed by atoms with Gasteiger partial charge in [0.25, 0.3) is 6.21 Å². The summed E-state index contributed by atoms with van der Waals surface area (Å²) >= 11 is 1.78. The van der Waals surface area contributed by atoms with Crippen LogP contribution >= 0.6 is 11.8 Å². The summed E-state index contributed by atoms with van der Waals surface area (Å²) in [5.41, 5.74) is 3.68. The smallest absolute Gasteiger partial charge is 0.277 e. The molecule has 0 saturated heterocycles. The summed E-state index contributed by atoms with van der Waals surface area (Å²) in [5, 5.41) is 0. The molecule has 23 heavy (non-hydrogen) atoms. The number of aliphatic imine (C=N–C) groups is 1. The van der Waals surface area contributed by atoms with Crippen molar-refractivity contribution in [2.24, 2.45) is 22.7 Å². The fourth-order valence-corrected chi connectivity index (χ4v) is 3.79. The van der Waals surface area contributed by atoms with Crippen LogP contribution in [0.3, 0.4) is 0 Å². The van der Waals surface area contributed by atoms with E-state index in [0.29, 0.717) is 17.8 Å². The van der Waals surface area contributed by atoms with E-state index in [9.17, 15) is 0 Å². The van der Waals surface area contributed by atoms with Crippen molar-refractivity contribution in [3.05, 3.63) is 22.6 Å². The van der Waals surface area contributed by atoms with Gasteiger partial charge in [-0.1, -0.05) is 39.3 Å². The third kappa shape index (κ3) is 3.56. The second-order valence-corrected chi connectivity index (χ2v) is 8.00. The van der Waals surface area contributed by atoms with E-state index < -0.39 is 0 Å². The molecule has 0 N–H and O–H groups in total. The number of fused-ring (bicyclic) bond motifs is 1. The standard InChI is InChI=1S/C20H31N2S/c1-8-13(3)12-21-16-10-17-14(4)15(5)20(6,9-2)22-19(17)18(11-16)23-7/h10-15H,8-9H2,1-7H3/q+1. The molecule has 0 aromatic carbocycles. The summed E-state index contributed by atoms with van der Waals surface area (Å²) in [6, 6.07) is 0. The molecule has 0 bridgehead atoms. The molecule has 2 nitrogen and oxygen atoms in total. The molecule has 1 aliphatic carbocycles. The van der Waals surface area contributed by atoms with Gasteiger partial charge >= 0.3 is 5.71 Å². The molecule has 3 heteroatoms. The van der Waals surface area contributed by atoms with E-state index in [-0.39, 0.29) is 5.54 Å². The maximum Gasteiger partial charge on any atom is 0.328 e. The fraction of sp³-hybridized carbons (Fsp3) is 0.650. The van der Waals surface area contributed by atoms with Crippen LogP contribution in [0.15, 0.2) is 27.6 Å². The number of hydrogen-bond donors (Lipinski definition) is 0. The minimum absolute atomic E-state index is 0.0401. The monoisotopic (exact) mass is 331 g/mol. The zero-order valence-corrected chi connectivity index (χ0v) is 16.5. The average Bonchev–Trinajstić information content (AvgIpc) is 2.57. The second kappa shape index (κ2) is 7.23. The minimum Gasteiger partial charge on any atom is -0.277 e. The zero-order chi connectivity index (χ0) is 17.2. The Labute approximate surface area is 146 Å². The van der Waals surface area contributed by atoms with Crippen LogP contribution in [0.25, 0.3) is 0 Å². The predicted molar refractivity (Wildman–Crippen MR) is 107 cm³/mol. The molecule has 2 rings (SSSR count). The molecule has 0 saturated carbocycles. The van der Waals surface area contributed by atoms with Crippen LogP contribution in [0.1, 0.15) is 54.4 Å². The van der Waals surface area contributed by atoms with Crippen LogP contribution in [0.2, 0.25) is 0 Å². The van der Waals surface area contributed by atoms with Crippen molar-refractivity contribution in [1.29, 1.82) is 0 Å². The first-order valence-corrected chi connectivity index (χ1v) is 10.1. The van der Waals surface area contributed by atoms with E-state index in [1.54, 1.807) is 11.8 Å². The van der Waals surface area contributed by atoms with Gasteiger partial charge < -0.3 is 0 Å². The molecule has 0 aromatic heterocycles. The summed E-state index contributed by atoms with van der Waals surface area (Å²) < 4.78 is 4.73. The van der Waals surface area contributed by atoms with E-state index in [1.165, 1.54) is 16.2 Å². The molecule has 0 spiro atoms. The van der Waals surface area contributed by atoms with Crippen LogP contribution in [0, 0.1) is 17.8 Å². The topological polar surface area (TPSA) is 26.5 Å². The summed E-state index contributed by atoms with van der Waals surface area (Å²) in [7, 11) is 0. The highest BCUT2D eigenvalue weighted by Gasteiger charge is 2.42. The number of allylic oxidation sites excluding steroid dienone is 4. The number of rotatable bonds is 4. The Hall–Kier alpha value is -1.05. The lowest BCUT2D eigenvalue weighted by Gasteiger charge is -2.42. The van der Waals surface area contributed by atoms with Crippen molar-refractivity contribution in [3.63, 3.8) is 0 Å². The third-order valence-electron chi connectivity index (χ3n) is 5.74. The first-order chi connectivity index (χ1) is 10.9. The van der Waals surface area contributed by atoms with Crippen LogP contribution in [0.4, 0.5) is 0 Å². The van der Waals surface area contributed by atoms with Gasteiger partial charge in [-0.15, -0.1) is 11.8 Å². The molecule has 4 atom stereocenters. The van der Waals surface area contributed by atoms with Gasteiger partial charge in [-0.3, -0.25) is 4.99 Å². The molecule has 2 aliphatic rings. The first-order valence-electron chi connectivity index (χ1n) is 8.85. The molecule has 4 unspecified atom stereocenters. The molecule has 0 aromatic rings. The molecule has 1 aliphatic heterocycles. The van der Waals surface area contributed by atoms with Gasteiger partial charge in [0.2, 0.25) is 0 Å². The maximum absolute atomic E-state index is 5.18. The Balaban J connectivity index is 2.54. The Morgan fingerprint density at radius 2 is 2.04 bits per heavy atom. The largest absolute Gasteiger partial charge is 0.328 e. The fourth-order valence-electron chi connectivity index (χ4n) is 3.20. The van der Waals surface area contributed by atoms with Gasteiger partial charge in [0.1, 0.15) is 0 Å². The Morgan fingerprint density at radius 1 is 1.35 bits per heavy atom. The van der Waals surface area contributed by atoms with Crippen molar-refractivity contribution in [2.45, 2.75) is 59.9 Å². The van der Waals surface area contributed by atoms with E-state index in [1.807, 2.05) is 0 Å². The molecule has 0 radical (unpaired) electrons. The maximum atomic E-state index is 5.18. The Morgan fingerprint density at radius 3 is 2.61 bits per heavy atom. The summed E-state index contributed by atoms with van der Waals surface area (Å²) in [5.74, 6) is 1.58. The van der Waals surface area contributed by atoms with Gasteiger partial charge in [0.05, 0.1) is 17.2 Å².